The van der Waals surface area contributed by atoms with E-state index in [1.165, 1.54) is 6.07 Å². The topological polar surface area (TPSA) is 78.0 Å². The van der Waals surface area contributed by atoms with Gasteiger partial charge in [0, 0.05) is 44.7 Å². The van der Waals surface area contributed by atoms with E-state index in [1.807, 2.05) is 18.2 Å². The summed E-state index contributed by atoms with van der Waals surface area (Å²) in [4.78, 5) is 29.0. The van der Waals surface area contributed by atoms with Crippen LogP contribution in [0.15, 0.2) is 60.7 Å². The van der Waals surface area contributed by atoms with Crippen LogP contribution in [0.1, 0.15) is 22.3 Å². The van der Waals surface area contributed by atoms with Crippen LogP contribution < -0.4 is 4.31 Å². The standard InChI is InChI=1S/C23H25N3O4S/c27-22-11-17-31(29,30)26(22)21-10-4-9-20(18-21)23(28)25-15-13-24(14-16-25)12-5-8-19-6-2-1-3-7-19/h1-10,18H,11-17H2/b8-5+. The van der Waals surface area contributed by atoms with Gasteiger partial charge in [-0.15, -0.1) is 0 Å². The zero-order chi connectivity index (χ0) is 21.8. The summed E-state index contributed by atoms with van der Waals surface area (Å²) in [5.41, 5.74) is 1.79. The lowest BCUT2D eigenvalue weighted by molar-refractivity contribution is -0.116. The van der Waals surface area contributed by atoms with E-state index in [0.717, 1.165) is 29.5 Å². The van der Waals surface area contributed by atoms with E-state index in [-0.39, 0.29) is 23.8 Å². The Morgan fingerprint density at radius 3 is 2.39 bits per heavy atom. The van der Waals surface area contributed by atoms with Crippen molar-refractivity contribution in [2.24, 2.45) is 0 Å². The molecule has 0 radical (unpaired) electrons. The number of sulfonamides is 1. The van der Waals surface area contributed by atoms with Crippen molar-refractivity contribution >= 4 is 33.6 Å². The number of benzene rings is 2. The fraction of sp³-hybridized carbons (Fsp3) is 0.304. The number of rotatable bonds is 5. The smallest absolute Gasteiger partial charge is 0.254 e. The van der Waals surface area contributed by atoms with E-state index in [2.05, 4.69) is 29.2 Å². The number of piperazine rings is 1. The highest BCUT2D eigenvalue weighted by atomic mass is 32.2. The number of nitrogens with zero attached hydrogens (tertiary/aromatic N) is 3. The molecule has 2 aliphatic heterocycles. The molecule has 0 atom stereocenters. The lowest BCUT2D eigenvalue weighted by atomic mass is 10.1. The molecule has 162 valence electrons. The van der Waals surface area contributed by atoms with Crippen LogP contribution in [-0.4, -0.2) is 68.5 Å². The van der Waals surface area contributed by atoms with E-state index in [1.54, 1.807) is 23.1 Å². The third-order valence-electron chi connectivity index (χ3n) is 5.54. The first kappa shape index (κ1) is 21.3. The van der Waals surface area contributed by atoms with Gasteiger partial charge in [-0.3, -0.25) is 14.5 Å². The van der Waals surface area contributed by atoms with Crippen molar-refractivity contribution in [1.29, 1.82) is 0 Å². The molecule has 0 spiro atoms. The van der Waals surface area contributed by atoms with Gasteiger partial charge in [-0.2, -0.15) is 0 Å². The highest BCUT2D eigenvalue weighted by Gasteiger charge is 2.36. The van der Waals surface area contributed by atoms with Crippen molar-refractivity contribution in [2.45, 2.75) is 6.42 Å². The molecule has 2 fully saturated rings. The van der Waals surface area contributed by atoms with Crippen LogP contribution in [0.5, 0.6) is 0 Å². The van der Waals surface area contributed by atoms with E-state index in [4.69, 9.17) is 0 Å². The monoisotopic (exact) mass is 439 g/mol. The van der Waals surface area contributed by atoms with Crippen molar-refractivity contribution in [1.82, 2.24) is 9.80 Å². The van der Waals surface area contributed by atoms with Crippen molar-refractivity contribution in [3.05, 3.63) is 71.8 Å². The number of amides is 2. The van der Waals surface area contributed by atoms with Crippen molar-refractivity contribution in [3.8, 4) is 0 Å². The largest absolute Gasteiger partial charge is 0.336 e. The highest BCUT2D eigenvalue weighted by Crippen LogP contribution is 2.26. The molecule has 31 heavy (non-hydrogen) atoms. The number of anilines is 1. The second-order valence-corrected chi connectivity index (χ2v) is 9.62. The predicted molar refractivity (Wildman–Crippen MR) is 120 cm³/mol. The first-order chi connectivity index (χ1) is 14.9. The molecule has 0 saturated carbocycles. The molecule has 7 nitrogen and oxygen atoms in total. The summed E-state index contributed by atoms with van der Waals surface area (Å²) in [7, 11) is -3.65. The van der Waals surface area contributed by atoms with Crippen LogP contribution in [0.25, 0.3) is 6.08 Å². The second-order valence-electron chi connectivity index (χ2n) is 7.68. The molecule has 0 N–H and O–H groups in total. The van der Waals surface area contributed by atoms with Gasteiger partial charge in [0.1, 0.15) is 0 Å². The Labute approximate surface area is 182 Å². The van der Waals surface area contributed by atoms with Gasteiger partial charge in [0.05, 0.1) is 11.4 Å². The number of hydrogen-bond acceptors (Lipinski definition) is 5. The van der Waals surface area contributed by atoms with Crippen molar-refractivity contribution in [3.63, 3.8) is 0 Å². The minimum absolute atomic E-state index is 0.0266. The third-order valence-corrected chi connectivity index (χ3v) is 7.23. The van der Waals surface area contributed by atoms with E-state index in [9.17, 15) is 18.0 Å². The Balaban J connectivity index is 1.36. The molecule has 2 aromatic rings. The van der Waals surface area contributed by atoms with Gasteiger partial charge in [0.25, 0.3) is 5.91 Å². The summed E-state index contributed by atoms with van der Waals surface area (Å²) in [6.07, 6.45) is 4.20. The molecule has 4 rings (SSSR count). The lowest BCUT2D eigenvalue weighted by Gasteiger charge is -2.34. The van der Waals surface area contributed by atoms with E-state index in [0.29, 0.717) is 18.7 Å². The summed E-state index contributed by atoms with van der Waals surface area (Å²) in [6, 6.07) is 16.5. The average Bonchev–Trinajstić information content (AvgIpc) is 3.06. The minimum atomic E-state index is -3.65. The van der Waals surface area contributed by atoms with Crippen molar-refractivity contribution in [2.75, 3.05) is 42.8 Å². The van der Waals surface area contributed by atoms with Crippen LogP contribution >= 0.6 is 0 Å². The Bertz CT molecular complexity index is 1090. The Hall–Kier alpha value is -2.97. The maximum absolute atomic E-state index is 13.0. The maximum atomic E-state index is 13.0. The zero-order valence-electron chi connectivity index (χ0n) is 17.2. The molecular weight excluding hydrogens is 414 g/mol. The predicted octanol–water partition coefficient (Wildman–Crippen LogP) is 2.22. The van der Waals surface area contributed by atoms with E-state index >= 15 is 0 Å². The number of hydrogen-bond donors (Lipinski definition) is 0. The first-order valence-corrected chi connectivity index (χ1v) is 11.9. The fourth-order valence-corrected chi connectivity index (χ4v) is 5.30. The fourth-order valence-electron chi connectivity index (χ4n) is 3.85. The van der Waals surface area contributed by atoms with Crippen LogP contribution in [-0.2, 0) is 14.8 Å². The van der Waals surface area contributed by atoms with E-state index < -0.39 is 15.9 Å². The molecule has 2 heterocycles. The Kier molecular flexibility index (Phi) is 6.20. The number of carbonyl (C=O) groups excluding carboxylic acids is 2. The van der Waals surface area contributed by atoms with Crippen LogP contribution in [0.2, 0.25) is 0 Å². The van der Waals surface area contributed by atoms with Crippen LogP contribution in [0, 0.1) is 0 Å². The van der Waals surface area contributed by atoms with Crippen LogP contribution in [0.4, 0.5) is 5.69 Å². The molecular formula is C23H25N3O4S. The zero-order valence-corrected chi connectivity index (χ0v) is 18.0. The quantitative estimate of drug-likeness (QED) is 0.714. The summed E-state index contributed by atoms with van der Waals surface area (Å²) >= 11 is 0. The van der Waals surface area contributed by atoms with Crippen LogP contribution in [0.3, 0.4) is 0 Å². The Morgan fingerprint density at radius 1 is 0.968 bits per heavy atom. The molecule has 0 unspecified atom stereocenters. The van der Waals surface area contributed by atoms with Gasteiger partial charge >= 0.3 is 0 Å². The summed E-state index contributed by atoms with van der Waals surface area (Å²) in [5.74, 6) is -0.794. The van der Waals surface area contributed by atoms with Crippen molar-refractivity contribution < 1.29 is 18.0 Å². The molecule has 8 heteroatoms. The molecule has 2 saturated heterocycles. The maximum Gasteiger partial charge on any atom is 0.254 e. The minimum Gasteiger partial charge on any atom is -0.336 e. The third kappa shape index (κ3) is 4.86. The summed E-state index contributed by atoms with van der Waals surface area (Å²) in [5, 5.41) is 0. The normalized spacial score (nSPS) is 19.3. The Morgan fingerprint density at radius 2 is 1.71 bits per heavy atom. The molecule has 2 amide bonds. The molecule has 0 aliphatic carbocycles. The van der Waals surface area contributed by atoms with Gasteiger partial charge in [0.2, 0.25) is 15.9 Å². The number of carbonyl (C=O) groups is 2. The first-order valence-electron chi connectivity index (χ1n) is 10.3. The molecule has 0 aromatic heterocycles. The van der Waals surface area contributed by atoms with Gasteiger partial charge < -0.3 is 4.90 Å². The molecule has 0 bridgehead atoms. The molecule has 2 aromatic carbocycles. The summed E-state index contributed by atoms with van der Waals surface area (Å²) < 4.78 is 25.2. The SMILES string of the molecule is O=C(c1cccc(N2C(=O)CCS2(=O)=O)c1)N1CCN(C/C=C/c2ccccc2)CC1. The molecule has 2 aliphatic rings. The van der Waals surface area contributed by atoms with Gasteiger partial charge in [-0.25, -0.2) is 12.7 Å². The summed E-state index contributed by atoms with van der Waals surface area (Å²) in [6.45, 7) is 3.56. The van der Waals surface area contributed by atoms with Gasteiger partial charge in [0.15, 0.2) is 0 Å². The average molecular weight is 440 g/mol. The van der Waals surface area contributed by atoms with Gasteiger partial charge in [-0.1, -0.05) is 48.6 Å². The highest BCUT2D eigenvalue weighted by molar-refractivity contribution is 7.94. The van der Waals surface area contributed by atoms with Gasteiger partial charge in [-0.05, 0) is 23.8 Å². The second kappa shape index (κ2) is 9.03. The lowest BCUT2D eigenvalue weighted by Crippen LogP contribution is -2.48.